The van der Waals surface area contributed by atoms with Gasteiger partial charge in [-0.25, -0.2) is 14.8 Å². The number of amides is 2. The van der Waals surface area contributed by atoms with E-state index in [0.29, 0.717) is 59.6 Å². The second-order valence-corrected chi connectivity index (χ2v) is 7.92. The molecule has 3 heterocycles. The van der Waals surface area contributed by atoms with Gasteiger partial charge in [-0.1, -0.05) is 23.5 Å². The minimum Gasteiger partial charge on any atom is -0.479 e. The van der Waals surface area contributed by atoms with E-state index >= 15 is 0 Å². The molecule has 1 saturated heterocycles. The predicted octanol–water partition coefficient (Wildman–Crippen LogP) is 3.34. The molecule has 1 fully saturated rings. The number of halogens is 3. The van der Waals surface area contributed by atoms with Crippen LogP contribution in [-0.2, 0) is 6.54 Å². The molecule has 2 amide bonds. The minimum absolute atomic E-state index is 0.245. The third kappa shape index (κ3) is 5.34. The van der Waals surface area contributed by atoms with Crippen molar-refractivity contribution in [2.75, 3.05) is 38.6 Å². The van der Waals surface area contributed by atoms with Crippen molar-refractivity contribution in [2.45, 2.75) is 12.9 Å². The third-order valence-electron chi connectivity index (χ3n) is 4.77. The van der Waals surface area contributed by atoms with Gasteiger partial charge in [-0.2, -0.15) is 4.98 Å². The molecule has 9 nitrogen and oxygen atoms in total. The van der Waals surface area contributed by atoms with Crippen molar-refractivity contribution in [3.8, 4) is 11.6 Å². The van der Waals surface area contributed by atoms with Gasteiger partial charge in [0.15, 0.2) is 15.5 Å². The van der Waals surface area contributed by atoms with Gasteiger partial charge in [0, 0.05) is 32.7 Å². The van der Waals surface area contributed by atoms with Gasteiger partial charge >= 0.3 is 12.4 Å². The minimum atomic E-state index is -4.72. The van der Waals surface area contributed by atoms with E-state index in [1.165, 1.54) is 43.0 Å². The molecule has 0 spiro atoms. The van der Waals surface area contributed by atoms with Gasteiger partial charge in [-0.15, -0.1) is 13.2 Å². The zero-order valence-corrected chi connectivity index (χ0v) is 17.7. The molecule has 0 radical (unpaired) electrons. The largest absolute Gasteiger partial charge is 0.573 e. The zero-order valence-electron chi connectivity index (χ0n) is 16.9. The number of urea groups is 1. The van der Waals surface area contributed by atoms with E-state index in [9.17, 15) is 18.0 Å². The summed E-state index contributed by atoms with van der Waals surface area (Å²) in [5.74, 6) is 0.0928. The van der Waals surface area contributed by atoms with Crippen molar-refractivity contribution in [3.63, 3.8) is 0 Å². The van der Waals surface area contributed by atoms with Crippen LogP contribution in [0.15, 0.2) is 30.6 Å². The highest BCUT2D eigenvalue weighted by molar-refractivity contribution is 7.22. The molecule has 3 aromatic rings. The summed E-state index contributed by atoms with van der Waals surface area (Å²) in [6.45, 7) is 2.56. The summed E-state index contributed by atoms with van der Waals surface area (Å²) in [6, 6.07) is 5.62. The third-order valence-corrected chi connectivity index (χ3v) is 5.65. The molecule has 0 unspecified atom stereocenters. The summed E-state index contributed by atoms with van der Waals surface area (Å²) in [5.41, 5.74) is 1.19. The first kappa shape index (κ1) is 22.0. The van der Waals surface area contributed by atoms with E-state index < -0.39 is 6.36 Å². The van der Waals surface area contributed by atoms with Gasteiger partial charge in [0.1, 0.15) is 12.1 Å². The number of anilines is 1. The highest BCUT2D eigenvalue weighted by Crippen LogP contribution is 2.29. The maximum atomic E-state index is 12.6. The number of thiazole rings is 1. The molecule has 32 heavy (non-hydrogen) atoms. The first-order chi connectivity index (χ1) is 15.3. The number of piperazine rings is 1. The lowest BCUT2D eigenvalue weighted by Crippen LogP contribution is -2.49. The number of hydrogen-bond donors (Lipinski definition) is 1. The van der Waals surface area contributed by atoms with Gasteiger partial charge in [0.2, 0.25) is 5.88 Å². The lowest BCUT2D eigenvalue weighted by Gasteiger charge is -2.34. The Bertz CT molecular complexity index is 1100. The normalized spacial score (nSPS) is 15.1. The second-order valence-electron chi connectivity index (χ2n) is 6.94. The molecule has 1 aromatic carbocycles. The van der Waals surface area contributed by atoms with Crippen LogP contribution in [0.3, 0.4) is 0 Å². The Kier molecular flexibility index (Phi) is 6.28. The number of alkyl halides is 3. The molecule has 2 aromatic heterocycles. The van der Waals surface area contributed by atoms with Gasteiger partial charge in [-0.3, -0.25) is 10.2 Å². The molecule has 4 rings (SSSR count). The van der Waals surface area contributed by atoms with E-state index in [4.69, 9.17) is 4.74 Å². The van der Waals surface area contributed by atoms with E-state index in [1.54, 1.807) is 11.0 Å². The Labute approximate surface area is 184 Å². The van der Waals surface area contributed by atoms with Gasteiger partial charge in [0.25, 0.3) is 0 Å². The number of ether oxygens (including phenoxy) is 2. The van der Waals surface area contributed by atoms with Crippen LogP contribution >= 0.6 is 11.3 Å². The van der Waals surface area contributed by atoms with Crippen molar-refractivity contribution in [2.24, 2.45) is 0 Å². The number of carbonyl (C=O) groups is 1. The van der Waals surface area contributed by atoms with Crippen LogP contribution in [0.4, 0.5) is 23.1 Å². The number of aromatic nitrogens is 3. The summed E-state index contributed by atoms with van der Waals surface area (Å²) in [7, 11) is 1.48. The summed E-state index contributed by atoms with van der Waals surface area (Å²) in [4.78, 5) is 29.4. The van der Waals surface area contributed by atoms with E-state index in [-0.39, 0.29) is 11.8 Å². The van der Waals surface area contributed by atoms with Gasteiger partial charge < -0.3 is 14.4 Å². The maximum absolute atomic E-state index is 12.6. The summed E-state index contributed by atoms with van der Waals surface area (Å²) >= 11 is 1.22. The number of carbonyl (C=O) groups excluding carboxylic acids is 1. The number of hydrogen-bond acceptors (Lipinski definition) is 8. The zero-order chi connectivity index (χ0) is 22.7. The smallest absolute Gasteiger partial charge is 0.479 e. The average molecular weight is 468 g/mol. The lowest BCUT2D eigenvalue weighted by molar-refractivity contribution is -0.274. The van der Waals surface area contributed by atoms with Crippen molar-refractivity contribution in [3.05, 3.63) is 36.2 Å². The first-order valence-corrected chi connectivity index (χ1v) is 10.4. The molecule has 0 aliphatic carbocycles. The Balaban J connectivity index is 1.31. The van der Waals surface area contributed by atoms with E-state index in [1.807, 2.05) is 0 Å². The number of rotatable bonds is 5. The van der Waals surface area contributed by atoms with Crippen molar-refractivity contribution < 1.29 is 27.4 Å². The molecule has 1 N–H and O–H groups in total. The molecule has 170 valence electrons. The first-order valence-electron chi connectivity index (χ1n) is 9.59. The molecule has 0 bridgehead atoms. The second kappa shape index (κ2) is 9.12. The van der Waals surface area contributed by atoms with Gasteiger partial charge in [-0.05, 0) is 17.7 Å². The fourth-order valence-corrected chi connectivity index (χ4v) is 4.10. The topological polar surface area (TPSA) is 92.7 Å². The number of benzene rings is 1. The SMILES string of the molecule is COc1ncnc2sc(NC(=O)N3CCN(Cc4cccc(OC(F)(F)F)c4)CC3)nc12. The summed E-state index contributed by atoms with van der Waals surface area (Å²) in [6.07, 6.45) is -3.35. The average Bonchev–Trinajstić information content (AvgIpc) is 3.15. The van der Waals surface area contributed by atoms with Crippen LogP contribution < -0.4 is 14.8 Å². The van der Waals surface area contributed by atoms with Crippen LogP contribution in [0.25, 0.3) is 10.3 Å². The van der Waals surface area contributed by atoms with Crippen LogP contribution in [-0.4, -0.2) is 70.4 Å². The number of nitrogens with zero attached hydrogens (tertiary/aromatic N) is 5. The van der Waals surface area contributed by atoms with Crippen LogP contribution in [0.1, 0.15) is 5.56 Å². The van der Waals surface area contributed by atoms with Crippen molar-refractivity contribution >= 4 is 32.8 Å². The molecule has 0 atom stereocenters. The van der Waals surface area contributed by atoms with Crippen LogP contribution in [0.2, 0.25) is 0 Å². The molecular weight excluding hydrogens is 449 g/mol. The summed E-state index contributed by atoms with van der Waals surface area (Å²) < 4.78 is 46.4. The van der Waals surface area contributed by atoms with Crippen molar-refractivity contribution in [1.82, 2.24) is 24.8 Å². The number of methoxy groups -OCH3 is 1. The molecular formula is C19H19F3N6O3S. The monoisotopic (exact) mass is 468 g/mol. The standard InChI is InChI=1S/C19H19F3N6O3S/c1-30-15-14-16(24-11-23-15)32-17(25-14)26-18(29)28-7-5-27(6-8-28)10-12-3-2-4-13(9-12)31-19(20,21)22/h2-4,9,11H,5-8,10H2,1H3,(H,25,26,29). The highest BCUT2D eigenvalue weighted by atomic mass is 32.1. The Morgan fingerprint density at radius 3 is 2.72 bits per heavy atom. The Hall–Kier alpha value is -3.19. The quantitative estimate of drug-likeness (QED) is 0.614. The highest BCUT2D eigenvalue weighted by Gasteiger charge is 2.31. The molecule has 0 saturated carbocycles. The molecule has 13 heteroatoms. The van der Waals surface area contributed by atoms with Crippen LogP contribution in [0, 0.1) is 0 Å². The van der Waals surface area contributed by atoms with Crippen LogP contribution in [0.5, 0.6) is 11.6 Å². The maximum Gasteiger partial charge on any atom is 0.573 e. The fourth-order valence-electron chi connectivity index (χ4n) is 3.32. The van der Waals surface area contributed by atoms with E-state index in [0.717, 1.165) is 0 Å². The van der Waals surface area contributed by atoms with Gasteiger partial charge in [0.05, 0.1) is 7.11 Å². The number of nitrogens with one attached hydrogen (secondary N) is 1. The fraction of sp³-hybridized carbons (Fsp3) is 0.368. The summed E-state index contributed by atoms with van der Waals surface area (Å²) in [5, 5.41) is 3.17. The number of fused-ring (bicyclic) bond motifs is 1. The molecule has 1 aliphatic heterocycles. The lowest BCUT2D eigenvalue weighted by atomic mass is 10.2. The predicted molar refractivity (Wildman–Crippen MR) is 111 cm³/mol. The molecule has 1 aliphatic rings. The van der Waals surface area contributed by atoms with Crippen molar-refractivity contribution in [1.29, 1.82) is 0 Å². The Morgan fingerprint density at radius 1 is 1.22 bits per heavy atom. The van der Waals surface area contributed by atoms with E-state index in [2.05, 4.69) is 29.9 Å². The Morgan fingerprint density at radius 2 is 2.00 bits per heavy atom.